The molecule has 1 aliphatic rings. The Morgan fingerprint density at radius 2 is 1.80 bits per heavy atom. The quantitative estimate of drug-likeness (QED) is 0.636. The van der Waals surface area contributed by atoms with Crippen molar-refractivity contribution in [2.75, 3.05) is 11.5 Å². The molecule has 0 aliphatic carbocycles. The first-order chi connectivity index (χ1) is 14.3. The molecule has 0 bridgehead atoms. The van der Waals surface area contributed by atoms with Crippen molar-refractivity contribution in [1.82, 2.24) is 4.90 Å². The van der Waals surface area contributed by atoms with E-state index in [1.807, 2.05) is 24.3 Å². The maximum atomic E-state index is 14.0. The van der Waals surface area contributed by atoms with Crippen LogP contribution in [-0.4, -0.2) is 42.9 Å². The van der Waals surface area contributed by atoms with Gasteiger partial charge in [-0.1, -0.05) is 50.2 Å². The molecule has 2 unspecified atom stereocenters. The highest BCUT2D eigenvalue weighted by molar-refractivity contribution is 7.91. The number of carbonyl (C=O) groups is 1. The maximum Gasteiger partial charge on any atom is 0.264 e. The van der Waals surface area contributed by atoms with E-state index >= 15 is 0 Å². The zero-order valence-corrected chi connectivity index (χ0v) is 18.2. The van der Waals surface area contributed by atoms with E-state index in [0.717, 1.165) is 12.0 Å². The third-order valence-electron chi connectivity index (χ3n) is 5.47. The fraction of sp³-hybridized carbons (Fsp3) is 0.435. The number of carbonyl (C=O) groups excluding carboxylic acids is 1. The summed E-state index contributed by atoms with van der Waals surface area (Å²) < 4.78 is 43.9. The number of nitrogens with zero attached hydrogens (tertiary/aromatic N) is 1. The van der Waals surface area contributed by atoms with Gasteiger partial charge in [-0.25, -0.2) is 12.8 Å². The number of hydrogen-bond acceptors (Lipinski definition) is 4. The summed E-state index contributed by atoms with van der Waals surface area (Å²) >= 11 is 0. The number of sulfone groups is 1. The largest absolute Gasteiger partial charge is 0.478 e. The molecule has 0 spiro atoms. The van der Waals surface area contributed by atoms with E-state index < -0.39 is 27.8 Å². The Labute approximate surface area is 177 Å². The Bertz CT molecular complexity index is 975. The summed E-state index contributed by atoms with van der Waals surface area (Å²) in [7, 11) is -3.17. The molecular formula is C23H28FNO4S. The summed E-state index contributed by atoms with van der Waals surface area (Å²) in [5, 5.41) is 0. The molecule has 1 amide bonds. The van der Waals surface area contributed by atoms with Gasteiger partial charge in [0.1, 0.15) is 0 Å². The van der Waals surface area contributed by atoms with Gasteiger partial charge in [-0.15, -0.1) is 0 Å². The van der Waals surface area contributed by atoms with Crippen LogP contribution in [0, 0.1) is 5.82 Å². The molecule has 2 aromatic carbocycles. The van der Waals surface area contributed by atoms with Crippen LogP contribution in [0.15, 0.2) is 48.5 Å². The Kier molecular flexibility index (Phi) is 7.13. The Balaban J connectivity index is 1.85. The molecule has 7 heteroatoms. The molecular weight excluding hydrogens is 405 g/mol. The minimum Gasteiger partial charge on any atom is -0.478 e. The Morgan fingerprint density at radius 1 is 1.13 bits per heavy atom. The number of ether oxygens (including phenoxy) is 1. The normalized spacial score (nSPS) is 18.7. The Morgan fingerprint density at radius 3 is 2.37 bits per heavy atom. The number of hydrogen-bond donors (Lipinski definition) is 0. The zero-order valence-electron chi connectivity index (χ0n) is 17.4. The van der Waals surface area contributed by atoms with Gasteiger partial charge in [-0.3, -0.25) is 4.79 Å². The van der Waals surface area contributed by atoms with Gasteiger partial charge in [0.2, 0.25) is 0 Å². The fourth-order valence-electron chi connectivity index (χ4n) is 3.67. The van der Waals surface area contributed by atoms with Crippen LogP contribution >= 0.6 is 0 Å². The minimum atomic E-state index is -3.17. The standard InChI is InChI=1S/C23H28FNO4S/c1-3-17-9-11-18(12-10-17)15-25(19-13-14-30(27,28)16-19)23(26)21(4-2)29-22-8-6-5-7-20(22)24/h5-12,19,21H,3-4,13-16H2,1-2H3. The number of aryl methyl sites for hydroxylation is 1. The third-order valence-corrected chi connectivity index (χ3v) is 7.22. The molecule has 0 saturated carbocycles. The van der Waals surface area contributed by atoms with Gasteiger partial charge in [0, 0.05) is 12.6 Å². The van der Waals surface area contributed by atoms with Crippen LogP contribution in [0.2, 0.25) is 0 Å². The van der Waals surface area contributed by atoms with Gasteiger partial charge in [0.15, 0.2) is 27.5 Å². The average Bonchev–Trinajstić information content (AvgIpc) is 3.10. The SMILES string of the molecule is CCc1ccc(CN(C(=O)C(CC)Oc2ccccc2F)C2CCS(=O)(=O)C2)cc1. The first kappa shape index (κ1) is 22.3. The third kappa shape index (κ3) is 5.39. The van der Waals surface area contributed by atoms with Crippen molar-refractivity contribution in [3.8, 4) is 5.75 Å². The maximum absolute atomic E-state index is 14.0. The molecule has 1 aliphatic heterocycles. The molecule has 1 saturated heterocycles. The lowest BCUT2D eigenvalue weighted by Crippen LogP contribution is -2.47. The van der Waals surface area contributed by atoms with Crippen molar-refractivity contribution in [1.29, 1.82) is 0 Å². The molecule has 3 rings (SSSR count). The van der Waals surface area contributed by atoms with Gasteiger partial charge in [0.05, 0.1) is 11.5 Å². The monoisotopic (exact) mass is 433 g/mol. The van der Waals surface area contributed by atoms with Crippen molar-refractivity contribution in [2.24, 2.45) is 0 Å². The summed E-state index contributed by atoms with van der Waals surface area (Å²) in [5.41, 5.74) is 2.11. The van der Waals surface area contributed by atoms with Crippen LogP contribution in [0.3, 0.4) is 0 Å². The molecule has 0 N–H and O–H groups in total. The van der Waals surface area contributed by atoms with Crippen LogP contribution in [0.1, 0.15) is 37.8 Å². The zero-order chi connectivity index (χ0) is 21.7. The van der Waals surface area contributed by atoms with Crippen LogP contribution < -0.4 is 4.74 Å². The molecule has 30 heavy (non-hydrogen) atoms. The van der Waals surface area contributed by atoms with Crippen molar-refractivity contribution in [3.63, 3.8) is 0 Å². The Hall–Kier alpha value is -2.41. The van der Waals surface area contributed by atoms with E-state index in [2.05, 4.69) is 6.92 Å². The molecule has 5 nitrogen and oxygen atoms in total. The predicted octanol–water partition coefficient (Wildman–Crippen LogP) is 3.76. The van der Waals surface area contributed by atoms with Crippen LogP contribution in [0.4, 0.5) is 4.39 Å². The number of rotatable bonds is 8. The van der Waals surface area contributed by atoms with Crippen molar-refractivity contribution < 1.29 is 22.3 Å². The number of amides is 1. The topological polar surface area (TPSA) is 63.7 Å². The summed E-state index contributed by atoms with van der Waals surface area (Å²) in [6.07, 6.45) is 0.771. The lowest BCUT2D eigenvalue weighted by molar-refractivity contribution is -0.141. The van der Waals surface area contributed by atoms with Gasteiger partial charge in [-0.05, 0) is 42.5 Å². The highest BCUT2D eigenvalue weighted by Gasteiger charge is 2.37. The van der Waals surface area contributed by atoms with Crippen LogP contribution in [0.25, 0.3) is 0 Å². The number of benzene rings is 2. The van der Waals surface area contributed by atoms with Crippen molar-refractivity contribution in [3.05, 3.63) is 65.5 Å². The van der Waals surface area contributed by atoms with Gasteiger partial charge in [0.25, 0.3) is 5.91 Å². The number of halogens is 1. The summed E-state index contributed by atoms with van der Waals surface area (Å²) in [6, 6.07) is 13.5. The summed E-state index contributed by atoms with van der Waals surface area (Å²) in [5.74, 6) is -0.816. The fourth-order valence-corrected chi connectivity index (χ4v) is 5.40. The van der Waals surface area contributed by atoms with Gasteiger partial charge < -0.3 is 9.64 Å². The molecule has 0 radical (unpaired) electrons. The molecule has 2 atom stereocenters. The van der Waals surface area contributed by atoms with Crippen LogP contribution in [0.5, 0.6) is 5.75 Å². The van der Waals surface area contributed by atoms with E-state index in [-0.39, 0.29) is 23.2 Å². The highest BCUT2D eigenvalue weighted by atomic mass is 32.2. The second-order valence-electron chi connectivity index (χ2n) is 7.64. The summed E-state index contributed by atoms with van der Waals surface area (Å²) in [6.45, 7) is 4.16. The molecule has 1 fully saturated rings. The van der Waals surface area contributed by atoms with E-state index in [9.17, 15) is 17.6 Å². The number of para-hydroxylation sites is 1. The molecule has 162 valence electrons. The second kappa shape index (κ2) is 9.60. The minimum absolute atomic E-state index is 0.0176. The van der Waals surface area contributed by atoms with E-state index in [1.165, 1.54) is 17.7 Å². The van der Waals surface area contributed by atoms with Gasteiger partial charge >= 0.3 is 0 Å². The summed E-state index contributed by atoms with van der Waals surface area (Å²) in [4.78, 5) is 15.0. The lowest BCUT2D eigenvalue weighted by atomic mass is 10.1. The highest BCUT2D eigenvalue weighted by Crippen LogP contribution is 2.24. The van der Waals surface area contributed by atoms with E-state index in [0.29, 0.717) is 19.4 Å². The van der Waals surface area contributed by atoms with Crippen molar-refractivity contribution >= 4 is 15.7 Å². The van der Waals surface area contributed by atoms with E-state index in [1.54, 1.807) is 24.0 Å². The lowest BCUT2D eigenvalue weighted by Gasteiger charge is -2.32. The van der Waals surface area contributed by atoms with E-state index in [4.69, 9.17) is 4.74 Å². The molecule has 2 aromatic rings. The second-order valence-corrected chi connectivity index (χ2v) is 9.87. The molecule has 0 aromatic heterocycles. The van der Waals surface area contributed by atoms with Crippen molar-refractivity contribution in [2.45, 2.75) is 51.8 Å². The first-order valence-corrected chi connectivity index (χ1v) is 12.1. The predicted molar refractivity (Wildman–Crippen MR) is 115 cm³/mol. The average molecular weight is 434 g/mol. The van der Waals surface area contributed by atoms with Gasteiger partial charge in [-0.2, -0.15) is 0 Å². The van der Waals surface area contributed by atoms with Crippen LogP contribution in [-0.2, 0) is 27.6 Å². The smallest absolute Gasteiger partial charge is 0.264 e. The first-order valence-electron chi connectivity index (χ1n) is 10.3. The molecule has 1 heterocycles.